The lowest BCUT2D eigenvalue weighted by atomic mass is 10.2. The smallest absolute Gasteiger partial charge is 0.246 e. The lowest BCUT2D eigenvalue weighted by Crippen LogP contribution is -2.31. The number of aryl methyl sites for hydroxylation is 2. The Hall–Kier alpha value is -2.82. The Labute approximate surface area is 134 Å². The van der Waals surface area contributed by atoms with E-state index in [0.717, 1.165) is 28.0 Å². The van der Waals surface area contributed by atoms with Gasteiger partial charge in [0.05, 0.1) is 0 Å². The average Bonchev–Trinajstić information content (AvgIpc) is 2.86. The lowest BCUT2D eigenvalue weighted by molar-refractivity contribution is -0.116. The van der Waals surface area contributed by atoms with Crippen LogP contribution in [-0.2, 0) is 4.79 Å². The molecule has 3 aromatic rings. The molecule has 0 spiro atoms. The van der Waals surface area contributed by atoms with Crippen molar-refractivity contribution in [2.24, 2.45) is 0 Å². The SMILES string of the molecule is Cc1cccc(NC(=O)C(C)Nc2ccc3oc(C)nc3c2)c1. The Morgan fingerprint density at radius 1 is 1.13 bits per heavy atom. The molecule has 118 valence electrons. The highest BCUT2D eigenvalue weighted by Gasteiger charge is 2.13. The van der Waals surface area contributed by atoms with Crippen LogP contribution in [0.4, 0.5) is 11.4 Å². The second-order valence-electron chi connectivity index (χ2n) is 5.64. The summed E-state index contributed by atoms with van der Waals surface area (Å²) >= 11 is 0. The number of carbonyl (C=O) groups is 1. The summed E-state index contributed by atoms with van der Waals surface area (Å²) in [6, 6.07) is 13.0. The molecule has 0 aliphatic carbocycles. The molecule has 0 bridgehead atoms. The number of hydrogen-bond donors (Lipinski definition) is 2. The zero-order valence-electron chi connectivity index (χ0n) is 13.4. The maximum Gasteiger partial charge on any atom is 0.246 e. The highest BCUT2D eigenvalue weighted by atomic mass is 16.3. The predicted molar refractivity (Wildman–Crippen MR) is 91.6 cm³/mol. The standard InChI is InChI=1S/C18H19N3O2/c1-11-5-4-6-14(9-11)21-18(22)12(2)19-15-7-8-17-16(10-15)20-13(3)23-17/h4-10,12,19H,1-3H3,(H,21,22). The first-order valence-electron chi connectivity index (χ1n) is 7.52. The summed E-state index contributed by atoms with van der Waals surface area (Å²) < 4.78 is 5.45. The second-order valence-corrected chi connectivity index (χ2v) is 5.64. The van der Waals surface area contributed by atoms with Gasteiger partial charge in [0.15, 0.2) is 11.5 Å². The Morgan fingerprint density at radius 3 is 2.74 bits per heavy atom. The summed E-state index contributed by atoms with van der Waals surface area (Å²) in [5, 5.41) is 6.09. The van der Waals surface area contributed by atoms with E-state index in [1.54, 1.807) is 0 Å². The van der Waals surface area contributed by atoms with Crippen LogP contribution in [0.25, 0.3) is 11.1 Å². The number of nitrogens with zero attached hydrogens (tertiary/aromatic N) is 1. The molecule has 0 fully saturated rings. The highest BCUT2D eigenvalue weighted by Crippen LogP contribution is 2.20. The Bertz CT molecular complexity index is 854. The largest absolute Gasteiger partial charge is 0.441 e. The zero-order valence-corrected chi connectivity index (χ0v) is 13.4. The molecule has 1 heterocycles. The van der Waals surface area contributed by atoms with Crippen molar-refractivity contribution in [3.63, 3.8) is 0 Å². The minimum Gasteiger partial charge on any atom is -0.441 e. The van der Waals surface area contributed by atoms with Crippen LogP contribution < -0.4 is 10.6 Å². The summed E-state index contributed by atoms with van der Waals surface area (Å²) in [7, 11) is 0. The number of carbonyl (C=O) groups excluding carboxylic acids is 1. The molecule has 2 N–H and O–H groups in total. The van der Waals surface area contributed by atoms with Gasteiger partial charge >= 0.3 is 0 Å². The number of oxazole rings is 1. The normalized spacial score (nSPS) is 12.1. The van der Waals surface area contributed by atoms with Crippen LogP contribution in [-0.4, -0.2) is 16.9 Å². The molecule has 2 aromatic carbocycles. The molecule has 0 aliphatic heterocycles. The molecular weight excluding hydrogens is 290 g/mol. The fourth-order valence-electron chi connectivity index (χ4n) is 2.42. The van der Waals surface area contributed by atoms with Crippen molar-refractivity contribution in [3.8, 4) is 0 Å². The average molecular weight is 309 g/mol. The van der Waals surface area contributed by atoms with Gasteiger partial charge in [-0.15, -0.1) is 0 Å². The molecule has 0 saturated heterocycles. The summed E-state index contributed by atoms with van der Waals surface area (Å²) in [5.74, 6) is 0.536. The van der Waals surface area contributed by atoms with Gasteiger partial charge in [0.2, 0.25) is 5.91 Å². The number of fused-ring (bicyclic) bond motifs is 1. The number of rotatable bonds is 4. The molecule has 3 rings (SSSR count). The summed E-state index contributed by atoms with van der Waals surface area (Å²) in [6.45, 7) is 5.63. The monoisotopic (exact) mass is 309 g/mol. The van der Waals surface area contributed by atoms with Crippen molar-refractivity contribution in [3.05, 3.63) is 53.9 Å². The number of amides is 1. The van der Waals surface area contributed by atoms with Crippen molar-refractivity contribution >= 4 is 28.4 Å². The third kappa shape index (κ3) is 3.51. The van der Waals surface area contributed by atoms with E-state index in [2.05, 4.69) is 15.6 Å². The topological polar surface area (TPSA) is 67.2 Å². The van der Waals surface area contributed by atoms with E-state index in [4.69, 9.17) is 4.42 Å². The number of nitrogens with one attached hydrogen (secondary N) is 2. The molecule has 1 atom stereocenters. The van der Waals surface area contributed by atoms with Gasteiger partial charge in [0.1, 0.15) is 11.6 Å². The number of aromatic nitrogens is 1. The van der Waals surface area contributed by atoms with Crippen LogP contribution in [0.1, 0.15) is 18.4 Å². The Kier molecular flexibility index (Phi) is 4.02. The van der Waals surface area contributed by atoms with Crippen molar-refractivity contribution < 1.29 is 9.21 Å². The maximum atomic E-state index is 12.3. The highest BCUT2D eigenvalue weighted by molar-refractivity contribution is 5.96. The van der Waals surface area contributed by atoms with Gasteiger partial charge in [-0.25, -0.2) is 4.98 Å². The van der Waals surface area contributed by atoms with E-state index in [-0.39, 0.29) is 11.9 Å². The fraction of sp³-hybridized carbons (Fsp3) is 0.222. The molecule has 1 aromatic heterocycles. The maximum absolute atomic E-state index is 12.3. The van der Waals surface area contributed by atoms with E-state index < -0.39 is 0 Å². The van der Waals surface area contributed by atoms with Gasteiger partial charge in [0, 0.05) is 18.3 Å². The first-order chi connectivity index (χ1) is 11.0. The second kappa shape index (κ2) is 6.12. The number of benzene rings is 2. The molecule has 0 aliphatic rings. The summed E-state index contributed by atoms with van der Waals surface area (Å²) in [6.07, 6.45) is 0. The Balaban J connectivity index is 1.69. The Morgan fingerprint density at radius 2 is 1.96 bits per heavy atom. The molecule has 5 nitrogen and oxygen atoms in total. The minimum absolute atomic E-state index is 0.0907. The van der Waals surface area contributed by atoms with Gasteiger partial charge in [-0.3, -0.25) is 4.79 Å². The molecule has 5 heteroatoms. The van der Waals surface area contributed by atoms with Crippen LogP contribution in [0.2, 0.25) is 0 Å². The summed E-state index contributed by atoms with van der Waals surface area (Å²) in [4.78, 5) is 16.6. The third-order valence-electron chi connectivity index (χ3n) is 3.56. The quantitative estimate of drug-likeness (QED) is 0.767. The molecule has 0 saturated carbocycles. The van der Waals surface area contributed by atoms with E-state index in [1.165, 1.54) is 0 Å². The van der Waals surface area contributed by atoms with Crippen LogP contribution in [0, 0.1) is 13.8 Å². The molecule has 23 heavy (non-hydrogen) atoms. The summed E-state index contributed by atoms with van der Waals surface area (Å²) in [5.41, 5.74) is 4.25. The predicted octanol–water partition coefficient (Wildman–Crippen LogP) is 3.88. The van der Waals surface area contributed by atoms with Crippen LogP contribution in [0.3, 0.4) is 0 Å². The first-order valence-corrected chi connectivity index (χ1v) is 7.52. The third-order valence-corrected chi connectivity index (χ3v) is 3.56. The lowest BCUT2D eigenvalue weighted by Gasteiger charge is -2.15. The van der Waals surface area contributed by atoms with E-state index in [9.17, 15) is 4.79 Å². The van der Waals surface area contributed by atoms with Crippen molar-refractivity contribution in [2.75, 3.05) is 10.6 Å². The number of hydrogen-bond acceptors (Lipinski definition) is 4. The fourth-order valence-corrected chi connectivity index (χ4v) is 2.42. The van der Waals surface area contributed by atoms with Gasteiger partial charge in [-0.05, 0) is 49.7 Å². The molecular formula is C18H19N3O2. The van der Waals surface area contributed by atoms with E-state index in [0.29, 0.717) is 5.89 Å². The first kappa shape index (κ1) is 15.1. The van der Waals surface area contributed by atoms with Gasteiger partial charge in [-0.2, -0.15) is 0 Å². The van der Waals surface area contributed by atoms with Crippen LogP contribution in [0.15, 0.2) is 46.9 Å². The number of anilines is 2. The van der Waals surface area contributed by atoms with Crippen molar-refractivity contribution in [2.45, 2.75) is 26.8 Å². The van der Waals surface area contributed by atoms with Crippen molar-refractivity contribution in [1.29, 1.82) is 0 Å². The molecule has 0 radical (unpaired) electrons. The van der Waals surface area contributed by atoms with Crippen molar-refractivity contribution in [1.82, 2.24) is 4.98 Å². The van der Waals surface area contributed by atoms with Crippen LogP contribution in [0.5, 0.6) is 0 Å². The van der Waals surface area contributed by atoms with E-state index >= 15 is 0 Å². The molecule has 1 unspecified atom stereocenters. The van der Waals surface area contributed by atoms with Gasteiger partial charge in [0.25, 0.3) is 0 Å². The van der Waals surface area contributed by atoms with Gasteiger partial charge < -0.3 is 15.1 Å². The van der Waals surface area contributed by atoms with Gasteiger partial charge in [-0.1, -0.05) is 12.1 Å². The zero-order chi connectivity index (χ0) is 16.4. The van der Waals surface area contributed by atoms with Crippen LogP contribution >= 0.6 is 0 Å². The molecule has 1 amide bonds. The van der Waals surface area contributed by atoms with E-state index in [1.807, 2.05) is 63.2 Å². The minimum atomic E-state index is -0.374.